The minimum atomic E-state index is -0.693. The van der Waals surface area contributed by atoms with Crippen molar-refractivity contribution in [2.75, 3.05) is 19.8 Å². The van der Waals surface area contributed by atoms with Crippen LogP contribution in [0.3, 0.4) is 0 Å². The van der Waals surface area contributed by atoms with E-state index in [1.807, 2.05) is 0 Å². The minimum absolute atomic E-state index is 0.379. The summed E-state index contributed by atoms with van der Waals surface area (Å²) >= 11 is 0. The van der Waals surface area contributed by atoms with E-state index in [9.17, 15) is 9.90 Å². The molecule has 4 heteroatoms. The number of hydrogen-bond acceptors (Lipinski definition) is 3. The zero-order valence-electron chi connectivity index (χ0n) is 9.58. The lowest BCUT2D eigenvalue weighted by atomic mass is 9.80. The van der Waals surface area contributed by atoms with E-state index in [-0.39, 0.29) is 0 Å². The molecule has 0 saturated carbocycles. The van der Waals surface area contributed by atoms with E-state index < -0.39 is 11.4 Å². The van der Waals surface area contributed by atoms with Crippen LogP contribution >= 0.6 is 0 Å². The number of carboxylic acids is 1. The molecule has 0 aromatic rings. The Morgan fingerprint density at radius 3 is 2.60 bits per heavy atom. The normalized spacial score (nSPS) is 22.3. The van der Waals surface area contributed by atoms with Gasteiger partial charge in [-0.05, 0) is 26.2 Å². The molecule has 88 valence electrons. The molecule has 1 aliphatic heterocycles. The van der Waals surface area contributed by atoms with Crippen molar-refractivity contribution in [2.45, 2.75) is 39.2 Å². The summed E-state index contributed by atoms with van der Waals surface area (Å²) in [5.74, 6) is -0.693. The summed E-state index contributed by atoms with van der Waals surface area (Å²) in [7, 11) is 0. The van der Waals surface area contributed by atoms with Gasteiger partial charge in [-0.15, -0.1) is 0 Å². The number of aliphatic carboxylic acids is 1. The fraction of sp³-hybridized carbons (Fsp3) is 0.909. The Kier molecular flexibility index (Phi) is 4.54. The summed E-state index contributed by atoms with van der Waals surface area (Å²) in [6, 6.07) is 0.379. The molecule has 1 rings (SSSR count). The van der Waals surface area contributed by atoms with E-state index in [2.05, 4.69) is 19.2 Å². The van der Waals surface area contributed by atoms with Crippen molar-refractivity contribution in [3.63, 3.8) is 0 Å². The molecular weight excluding hydrogens is 194 g/mol. The van der Waals surface area contributed by atoms with Gasteiger partial charge in [0.1, 0.15) is 0 Å². The van der Waals surface area contributed by atoms with Gasteiger partial charge in [0.25, 0.3) is 0 Å². The zero-order valence-corrected chi connectivity index (χ0v) is 9.58. The molecule has 1 saturated heterocycles. The third-order valence-corrected chi connectivity index (χ3v) is 3.30. The highest BCUT2D eigenvalue weighted by Crippen LogP contribution is 2.30. The first-order chi connectivity index (χ1) is 7.10. The predicted molar refractivity (Wildman–Crippen MR) is 57.9 cm³/mol. The van der Waals surface area contributed by atoms with Crippen LogP contribution in [-0.2, 0) is 9.53 Å². The highest BCUT2D eigenvalue weighted by molar-refractivity contribution is 5.75. The maximum atomic E-state index is 11.3. The third-order valence-electron chi connectivity index (χ3n) is 3.30. The number of nitrogens with one attached hydrogen (secondary N) is 1. The van der Waals surface area contributed by atoms with Crippen molar-refractivity contribution in [3.05, 3.63) is 0 Å². The number of rotatable bonds is 5. The smallest absolute Gasteiger partial charge is 0.311 e. The number of hydrogen-bond donors (Lipinski definition) is 2. The zero-order chi connectivity index (χ0) is 11.3. The van der Waals surface area contributed by atoms with Crippen molar-refractivity contribution in [1.29, 1.82) is 0 Å². The van der Waals surface area contributed by atoms with Gasteiger partial charge in [-0.3, -0.25) is 4.79 Å². The number of ether oxygens (including phenoxy) is 1. The lowest BCUT2D eigenvalue weighted by molar-refractivity contribution is -0.154. The van der Waals surface area contributed by atoms with Gasteiger partial charge in [0.2, 0.25) is 0 Å². The maximum Gasteiger partial charge on any atom is 0.311 e. The molecule has 0 aliphatic carbocycles. The molecule has 0 bridgehead atoms. The Bertz CT molecular complexity index is 212. The first-order valence-electron chi connectivity index (χ1n) is 5.65. The second-order valence-corrected chi connectivity index (χ2v) is 4.39. The SMILES string of the molecule is CCC(C)NCC1(C(=O)O)CCOCC1. The van der Waals surface area contributed by atoms with Crippen molar-refractivity contribution in [3.8, 4) is 0 Å². The predicted octanol–water partition coefficient (Wildman–Crippen LogP) is 1.26. The van der Waals surface area contributed by atoms with E-state index in [0.717, 1.165) is 6.42 Å². The lowest BCUT2D eigenvalue weighted by Gasteiger charge is -2.34. The van der Waals surface area contributed by atoms with E-state index in [4.69, 9.17) is 4.74 Å². The second kappa shape index (κ2) is 5.47. The maximum absolute atomic E-state index is 11.3. The van der Waals surface area contributed by atoms with Gasteiger partial charge in [-0.2, -0.15) is 0 Å². The average molecular weight is 215 g/mol. The van der Waals surface area contributed by atoms with E-state index >= 15 is 0 Å². The number of carbonyl (C=O) groups is 1. The first-order valence-corrected chi connectivity index (χ1v) is 5.65. The van der Waals surface area contributed by atoms with Gasteiger partial charge in [0.05, 0.1) is 5.41 Å². The Balaban J connectivity index is 2.53. The van der Waals surface area contributed by atoms with Gasteiger partial charge in [0, 0.05) is 25.8 Å². The molecule has 0 aromatic heterocycles. The lowest BCUT2D eigenvalue weighted by Crippen LogP contribution is -2.47. The fourth-order valence-corrected chi connectivity index (χ4v) is 1.74. The summed E-state index contributed by atoms with van der Waals surface area (Å²) in [5.41, 5.74) is -0.609. The van der Waals surface area contributed by atoms with Crippen LogP contribution in [0.15, 0.2) is 0 Å². The van der Waals surface area contributed by atoms with Crippen LogP contribution in [0.1, 0.15) is 33.1 Å². The van der Waals surface area contributed by atoms with Crippen LogP contribution in [0.4, 0.5) is 0 Å². The molecule has 0 spiro atoms. The van der Waals surface area contributed by atoms with Crippen molar-refractivity contribution in [1.82, 2.24) is 5.32 Å². The van der Waals surface area contributed by atoms with Crippen molar-refractivity contribution < 1.29 is 14.6 Å². The Labute approximate surface area is 91.0 Å². The summed E-state index contributed by atoms with van der Waals surface area (Å²) in [5, 5.41) is 12.6. The molecule has 4 nitrogen and oxygen atoms in total. The highest BCUT2D eigenvalue weighted by Gasteiger charge is 2.39. The summed E-state index contributed by atoms with van der Waals surface area (Å²) in [4.78, 5) is 11.3. The topological polar surface area (TPSA) is 58.6 Å². The van der Waals surface area contributed by atoms with E-state index in [1.165, 1.54) is 0 Å². The summed E-state index contributed by atoms with van der Waals surface area (Å²) < 4.78 is 5.22. The highest BCUT2D eigenvalue weighted by atomic mass is 16.5. The van der Waals surface area contributed by atoms with Crippen molar-refractivity contribution >= 4 is 5.97 Å². The first kappa shape index (κ1) is 12.5. The second-order valence-electron chi connectivity index (χ2n) is 4.39. The molecule has 0 aromatic carbocycles. The Morgan fingerprint density at radius 2 is 2.13 bits per heavy atom. The summed E-state index contributed by atoms with van der Waals surface area (Å²) in [6.45, 7) is 5.85. The molecule has 15 heavy (non-hydrogen) atoms. The van der Waals surface area contributed by atoms with Crippen LogP contribution in [0, 0.1) is 5.41 Å². The molecule has 1 heterocycles. The van der Waals surface area contributed by atoms with Crippen LogP contribution in [0.2, 0.25) is 0 Å². The van der Waals surface area contributed by atoms with Gasteiger partial charge in [0.15, 0.2) is 0 Å². The molecule has 2 N–H and O–H groups in total. The summed E-state index contributed by atoms with van der Waals surface area (Å²) in [6.07, 6.45) is 2.25. The largest absolute Gasteiger partial charge is 0.481 e. The quantitative estimate of drug-likeness (QED) is 0.724. The molecule has 0 amide bonds. The Hall–Kier alpha value is -0.610. The molecular formula is C11H21NO3. The van der Waals surface area contributed by atoms with Crippen LogP contribution in [0.5, 0.6) is 0 Å². The molecule has 1 fully saturated rings. The van der Waals surface area contributed by atoms with Gasteiger partial charge in [-0.25, -0.2) is 0 Å². The van der Waals surface area contributed by atoms with Gasteiger partial charge >= 0.3 is 5.97 Å². The molecule has 1 unspecified atom stereocenters. The molecule has 1 aliphatic rings. The van der Waals surface area contributed by atoms with E-state index in [1.54, 1.807) is 0 Å². The average Bonchev–Trinajstić information content (AvgIpc) is 2.27. The van der Waals surface area contributed by atoms with E-state index in [0.29, 0.717) is 38.6 Å². The third kappa shape index (κ3) is 3.18. The monoisotopic (exact) mass is 215 g/mol. The minimum Gasteiger partial charge on any atom is -0.481 e. The fourth-order valence-electron chi connectivity index (χ4n) is 1.74. The van der Waals surface area contributed by atoms with Gasteiger partial charge < -0.3 is 15.2 Å². The standard InChI is InChI=1S/C11H21NO3/c1-3-9(2)12-8-11(10(13)14)4-6-15-7-5-11/h9,12H,3-8H2,1-2H3,(H,13,14). The Morgan fingerprint density at radius 1 is 1.53 bits per heavy atom. The van der Waals surface area contributed by atoms with Crippen LogP contribution < -0.4 is 5.32 Å². The molecule has 0 radical (unpaired) electrons. The van der Waals surface area contributed by atoms with Crippen LogP contribution in [0.25, 0.3) is 0 Å². The van der Waals surface area contributed by atoms with Gasteiger partial charge in [-0.1, -0.05) is 6.92 Å². The van der Waals surface area contributed by atoms with Crippen molar-refractivity contribution in [2.24, 2.45) is 5.41 Å². The molecule has 1 atom stereocenters. The number of carboxylic acid groups (broad SMARTS) is 1. The van der Waals surface area contributed by atoms with Crippen LogP contribution in [-0.4, -0.2) is 36.9 Å².